The van der Waals surface area contributed by atoms with E-state index in [9.17, 15) is 9.90 Å². The van der Waals surface area contributed by atoms with Crippen LogP contribution in [-0.4, -0.2) is 60.7 Å². The Morgan fingerprint density at radius 2 is 1.96 bits per heavy atom. The molecule has 0 aromatic carbocycles. The van der Waals surface area contributed by atoms with Gasteiger partial charge in [0.2, 0.25) is 5.91 Å². The van der Waals surface area contributed by atoms with Crippen LogP contribution < -0.4 is 10.6 Å². The van der Waals surface area contributed by atoms with E-state index in [0.29, 0.717) is 17.7 Å². The summed E-state index contributed by atoms with van der Waals surface area (Å²) in [6.07, 6.45) is 7.40. The van der Waals surface area contributed by atoms with Crippen LogP contribution >= 0.6 is 24.0 Å². The minimum atomic E-state index is 0. The first-order valence-electron chi connectivity index (χ1n) is 11.0. The highest BCUT2D eigenvalue weighted by Gasteiger charge is 2.32. The van der Waals surface area contributed by atoms with Crippen LogP contribution in [0.5, 0.6) is 0 Å². The molecule has 6 nitrogen and oxygen atoms in total. The van der Waals surface area contributed by atoms with Gasteiger partial charge in [0.15, 0.2) is 5.96 Å². The number of aliphatic hydroxyl groups is 1. The summed E-state index contributed by atoms with van der Waals surface area (Å²) in [4.78, 5) is 19.4. The van der Waals surface area contributed by atoms with Crippen molar-refractivity contribution in [2.24, 2.45) is 22.7 Å². The van der Waals surface area contributed by atoms with Crippen molar-refractivity contribution in [2.75, 3.05) is 32.8 Å². The number of nitrogens with zero attached hydrogens (tertiary/aromatic N) is 2. The fourth-order valence-electron chi connectivity index (χ4n) is 4.38. The van der Waals surface area contributed by atoms with Gasteiger partial charge in [0.05, 0.1) is 0 Å². The first-order valence-corrected chi connectivity index (χ1v) is 11.0. The SMILES string of the molecule is CCNC(=NCC(CCO)CC(C)C)NC1CCN(C(=O)C2CCCC2)C1.I. The third kappa shape index (κ3) is 8.43. The second-order valence-electron chi connectivity index (χ2n) is 8.62. The number of carbonyl (C=O) groups is 1. The van der Waals surface area contributed by atoms with Crippen molar-refractivity contribution in [3.8, 4) is 0 Å². The van der Waals surface area contributed by atoms with Crippen molar-refractivity contribution in [1.29, 1.82) is 0 Å². The predicted octanol–water partition coefficient (Wildman–Crippen LogP) is 3.00. The number of guanidine groups is 1. The minimum absolute atomic E-state index is 0. The number of nitrogens with one attached hydrogen (secondary N) is 2. The van der Waals surface area contributed by atoms with E-state index in [1.807, 2.05) is 4.90 Å². The lowest BCUT2D eigenvalue weighted by Crippen LogP contribution is -2.45. The van der Waals surface area contributed by atoms with Crippen LogP contribution in [0.4, 0.5) is 0 Å². The van der Waals surface area contributed by atoms with Crippen LogP contribution in [0.15, 0.2) is 4.99 Å². The molecule has 2 rings (SSSR count). The van der Waals surface area contributed by atoms with Crippen LogP contribution in [0.25, 0.3) is 0 Å². The van der Waals surface area contributed by atoms with Gasteiger partial charge in [-0.25, -0.2) is 0 Å². The van der Waals surface area contributed by atoms with Gasteiger partial charge in [-0.3, -0.25) is 9.79 Å². The Balaban J connectivity index is 0.00000392. The van der Waals surface area contributed by atoms with E-state index in [4.69, 9.17) is 4.99 Å². The van der Waals surface area contributed by atoms with Gasteiger partial charge in [-0.1, -0.05) is 26.7 Å². The monoisotopic (exact) mass is 508 g/mol. The Labute approximate surface area is 188 Å². The average Bonchev–Trinajstić information content (AvgIpc) is 3.31. The largest absolute Gasteiger partial charge is 0.396 e. The molecule has 1 saturated carbocycles. The third-order valence-corrected chi connectivity index (χ3v) is 5.74. The molecular weight excluding hydrogens is 467 g/mol. The van der Waals surface area contributed by atoms with E-state index in [2.05, 4.69) is 31.4 Å². The molecule has 0 spiro atoms. The van der Waals surface area contributed by atoms with Crippen molar-refractivity contribution in [2.45, 2.75) is 71.8 Å². The van der Waals surface area contributed by atoms with Crippen LogP contribution in [0.1, 0.15) is 65.7 Å². The summed E-state index contributed by atoms with van der Waals surface area (Å²) >= 11 is 0. The molecule has 28 heavy (non-hydrogen) atoms. The van der Waals surface area contributed by atoms with Crippen molar-refractivity contribution in [1.82, 2.24) is 15.5 Å². The molecule has 1 heterocycles. The first-order chi connectivity index (χ1) is 13.0. The lowest BCUT2D eigenvalue weighted by Gasteiger charge is -2.22. The second-order valence-corrected chi connectivity index (χ2v) is 8.62. The predicted molar refractivity (Wildman–Crippen MR) is 126 cm³/mol. The number of halogens is 1. The Morgan fingerprint density at radius 3 is 2.57 bits per heavy atom. The second kappa shape index (κ2) is 13.6. The molecule has 0 radical (unpaired) electrons. The van der Waals surface area contributed by atoms with Crippen LogP contribution in [0.3, 0.4) is 0 Å². The van der Waals surface area contributed by atoms with Gasteiger partial charge >= 0.3 is 0 Å². The number of aliphatic hydroxyl groups excluding tert-OH is 1. The van der Waals surface area contributed by atoms with Gasteiger partial charge in [-0.15, -0.1) is 24.0 Å². The smallest absolute Gasteiger partial charge is 0.225 e. The molecule has 2 aliphatic rings. The lowest BCUT2D eigenvalue weighted by atomic mass is 9.94. The van der Waals surface area contributed by atoms with Gasteiger partial charge in [0.1, 0.15) is 0 Å². The minimum Gasteiger partial charge on any atom is -0.396 e. The van der Waals surface area contributed by atoms with Crippen LogP contribution in [-0.2, 0) is 4.79 Å². The van der Waals surface area contributed by atoms with E-state index < -0.39 is 0 Å². The molecule has 1 aliphatic carbocycles. The number of likely N-dealkylation sites (tertiary alicyclic amines) is 1. The Morgan fingerprint density at radius 1 is 1.25 bits per heavy atom. The molecule has 0 aromatic rings. The van der Waals surface area contributed by atoms with E-state index in [1.165, 1.54) is 12.8 Å². The zero-order chi connectivity index (χ0) is 19.6. The third-order valence-electron chi connectivity index (χ3n) is 5.74. The molecule has 1 saturated heterocycles. The molecule has 0 aromatic heterocycles. The highest BCUT2D eigenvalue weighted by molar-refractivity contribution is 14.0. The van der Waals surface area contributed by atoms with E-state index >= 15 is 0 Å². The molecular formula is C21H41IN4O2. The average molecular weight is 508 g/mol. The lowest BCUT2D eigenvalue weighted by molar-refractivity contribution is -0.134. The van der Waals surface area contributed by atoms with E-state index in [0.717, 1.165) is 64.2 Å². The summed E-state index contributed by atoms with van der Waals surface area (Å²) < 4.78 is 0. The number of hydrogen-bond acceptors (Lipinski definition) is 3. The topological polar surface area (TPSA) is 77.0 Å². The fraction of sp³-hybridized carbons (Fsp3) is 0.905. The maximum atomic E-state index is 12.6. The highest BCUT2D eigenvalue weighted by atomic mass is 127. The molecule has 1 aliphatic heterocycles. The summed E-state index contributed by atoms with van der Waals surface area (Å²) in [6.45, 7) is 9.90. The molecule has 1 amide bonds. The van der Waals surface area contributed by atoms with Gasteiger partial charge in [0, 0.05) is 44.7 Å². The van der Waals surface area contributed by atoms with Gasteiger partial charge in [-0.05, 0) is 50.9 Å². The Hall–Kier alpha value is -0.570. The number of carbonyl (C=O) groups excluding carboxylic acids is 1. The summed E-state index contributed by atoms with van der Waals surface area (Å²) in [5.41, 5.74) is 0. The zero-order valence-electron chi connectivity index (χ0n) is 18.0. The normalized spacial score (nSPS) is 21.7. The summed E-state index contributed by atoms with van der Waals surface area (Å²) in [5, 5.41) is 16.2. The van der Waals surface area contributed by atoms with Crippen molar-refractivity contribution >= 4 is 35.8 Å². The number of aliphatic imine (C=N–C) groups is 1. The first kappa shape index (κ1) is 25.5. The molecule has 2 unspecified atom stereocenters. The molecule has 0 bridgehead atoms. The Bertz CT molecular complexity index is 481. The van der Waals surface area contributed by atoms with Crippen molar-refractivity contribution < 1.29 is 9.90 Å². The molecule has 2 atom stereocenters. The summed E-state index contributed by atoms with van der Waals surface area (Å²) in [5.74, 6) is 2.48. The van der Waals surface area contributed by atoms with Crippen LogP contribution in [0.2, 0.25) is 0 Å². The van der Waals surface area contributed by atoms with Crippen LogP contribution in [0, 0.1) is 17.8 Å². The van der Waals surface area contributed by atoms with Gasteiger partial charge in [0.25, 0.3) is 0 Å². The van der Waals surface area contributed by atoms with Gasteiger partial charge in [-0.2, -0.15) is 0 Å². The van der Waals surface area contributed by atoms with Crippen molar-refractivity contribution in [3.05, 3.63) is 0 Å². The zero-order valence-corrected chi connectivity index (χ0v) is 20.3. The van der Waals surface area contributed by atoms with E-state index in [-0.39, 0.29) is 42.5 Å². The highest BCUT2D eigenvalue weighted by Crippen LogP contribution is 2.27. The quantitative estimate of drug-likeness (QED) is 0.254. The van der Waals surface area contributed by atoms with Gasteiger partial charge < -0.3 is 20.6 Å². The molecule has 7 heteroatoms. The molecule has 3 N–H and O–H groups in total. The summed E-state index contributed by atoms with van der Waals surface area (Å²) in [6, 6.07) is 0.273. The maximum absolute atomic E-state index is 12.6. The summed E-state index contributed by atoms with van der Waals surface area (Å²) in [7, 11) is 0. The number of rotatable bonds is 9. The fourth-order valence-corrected chi connectivity index (χ4v) is 4.38. The number of amides is 1. The Kier molecular flexibility index (Phi) is 12.4. The van der Waals surface area contributed by atoms with Crippen molar-refractivity contribution in [3.63, 3.8) is 0 Å². The van der Waals surface area contributed by atoms with E-state index in [1.54, 1.807) is 0 Å². The number of hydrogen-bond donors (Lipinski definition) is 3. The maximum Gasteiger partial charge on any atom is 0.225 e. The molecule has 2 fully saturated rings. The molecule has 164 valence electrons. The standard InChI is InChI=1S/C21H40N4O2.HI/c1-4-22-21(23-14-17(10-12-26)13-16(2)3)24-19-9-11-25(15-19)20(27)18-7-5-6-8-18;/h16-19,26H,4-15H2,1-3H3,(H2,22,23,24);1H.